The van der Waals surface area contributed by atoms with Crippen LogP contribution in [-0.4, -0.2) is 52.4 Å². The van der Waals surface area contributed by atoms with E-state index in [1.807, 2.05) is 4.90 Å². The van der Waals surface area contributed by atoms with Crippen molar-refractivity contribution in [3.63, 3.8) is 0 Å². The number of aromatic amines is 1. The van der Waals surface area contributed by atoms with E-state index in [0.29, 0.717) is 32.1 Å². The van der Waals surface area contributed by atoms with Gasteiger partial charge in [0.25, 0.3) is 5.56 Å². The number of hydrogen-bond acceptors (Lipinski definition) is 6. The average Bonchev–Trinajstić information content (AvgIpc) is 3.15. The maximum absolute atomic E-state index is 12.6. The highest BCUT2D eigenvalue weighted by Gasteiger charge is 2.21. The molecule has 6 nitrogen and oxygen atoms in total. The molecule has 1 atom stereocenters. The molecule has 0 aromatic carbocycles. The summed E-state index contributed by atoms with van der Waals surface area (Å²) in [6.07, 6.45) is 5.93. The van der Waals surface area contributed by atoms with Crippen LogP contribution in [0.25, 0.3) is 10.2 Å². The lowest BCUT2D eigenvalue weighted by atomic mass is 10.2. The summed E-state index contributed by atoms with van der Waals surface area (Å²) >= 11 is 1.63. The number of aliphatic hydroxyl groups is 1. The minimum absolute atomic E-state index is 0.0576. The molecule has 140 valence electrons. The largest absolute Gasteiger partial charge is 0.389 e. The van der Waals surface area contributed by atoms with Crippen molar-refractivity contribution in [2.45, 2.75) is 31.9 Å². The van der Waals surface area contributed by atoms with Crippen LogP contribution in [-0.2, 0) is 24.1 Å². The number of thiophene rings is 1. The van der Waals surface area contributed by atoms with Crippen molar-refractivity contribution >= 4 is 21.6 Å². The van der Waals surface area contributed by atoms with E-state index < -0.39 is 6.10 Å². The van der Waals surface area contributed by atoms with E-state index in [9.17, 15) is 9.90 Å². The van der Waals surface area contributed by atoms with Gasteiger partial charge in [-0.25, -0.2) is 4.98 Å². The zero-order valence-electron chi connectivity index (χ0n) is 14.9. The smallest absolute Gasteiger partial charge is 0.259 e. The summed E-state index contributed by atoms with van der Waals surface area (Å²) in [4.78, 5) is 24.2. The van der Waals surface area contributed by atoms with Gasteiger partial charge in [-0.05, 0) is 24.8 Å². The number of nitrogens with one attached hydrogen (secondary N) is 1. The molecule has 2 heterocycles. The van der Waals surface area contributed by atoms with Crippen molar-refractivity contribution in [2.24, 2.45) is 0 Å². The second-order valence-corrected chi connectivity index (χ2v) is 7.60. The molecule has 1 aliphatic rings. The molecule has 0 spiro atoms. The Morgan fingerprint density at radius 1 is 1.38 bits per heavy atom. The second-order valence-electron chi connectivity index (χ2n) is 6.51. The summed E-state index contributed by atoms with van der Waals surface area (Å²) in [6, 6.07) is 0. The van der Waals surface area contributed by atoms with Crippen molar-refractivity contribution in [2.75, 3.05) is 26.3 Å². The van der Waals surface area contributed by atoms with Crippen LogP contribution < -0.4 is 5.56 Å². The van der Waals surface area contributed by atoms with Crippen molar-refractivity contribution in [1.29, 1.82) is 0 Å². The molecular weight excluding hydrogens is 350 g/mol. The number of rotatable bonds is 10. The van der Waals surface area contributed by atoms with Crippen molar-refractivity contribution in [3.05, 3.63) is 51.9 Å². The van der Waals surface area contributed by atoms with Gasteiger partial charge in [-0.2, -0.15) is 0 Å². The van der Waals surface area contributed by atoms with E-state index in [2.05, 4.69) is 23.1 Å². The van der Waals surface area contributed by atoms with Gasteiger partial charge in [-0.1, -0.05) is 12.2 Å². The maximum atomic E-state index is 12.6. The monoisotopic (exact) mass is 375 g/mol. The van der Waals surface area contributed by atoms with Crippen molar-refractivity contribution in [1.82, 2.24) is 14.9 Å². The summed E-state index contributed by atoms with van der Waals surface area (Å²) in [5.74, 6) is 0.614. The van der Waals surface area contributed by atoms with Gasteiger partial charge in [0.05, 0.1) is 31.2 Å². The number of hydrogen-bond donors (Lipinski definition) is 2. The van der Waals surface area contributed by atoms with E-state index in [-0.39, 0.29) is 12.2 Å². The summed E-state index contributed by atoms with van der Waals surface area (Å²) in [5.41, 5.74) is 1.13. The van der Waals surface area contributed by atoms with Gasteiger partial charge in [-0.3, -0.25) is 9.69 Å². The zero-order chi connectivity index (χ0) is 18.5. The van der Waals surface area contributed by atoms with Crippen LogP contribution in [0.4, 0.5) is 0 Å². The topological polar surface area (TPSA) is 78.5 Å². The molecular formula is C19H25N3O3S. The lowest BCUT2D eigenvalue weighted by molar-refractivity contribution is 0.0265. The first-order chi connectivity index (χ1) is 12.6. The van der Waals surface area contributed by atoms with Crippen LogP contribution in [0.15, 0.2) is 30.1 Å². The summed E-state index contributed by atoms with van der Waals surface area (Å²) in [5, 5.41) is 10.9. The highest BCUT2D eigenvalue weighted by Crippen LogP contribution is 2.34. The fraction of sp³-hybridized carbons (Fsp3) is 0.474. The molecule has 0 saturated heterocycles. The molecule has 0 radical (unpaired) electrons. The molecule has 0 bridgehead atoms. The minimum atomic E-state index is -0.629. The lowest BCUT2D eigenvalue weighted by Gasteiger charge is -2.23. The molecule has 0 aliphatic heterocycles. The van der Waals surface area contributed by atoms with Crippen LogP contribution in [0.2, 0.25) is 0 Å². The lowest BCUT2D eigenvalue weighted by Crippen LogP contribution is -2.35. The molecule has 1 aliphatic carbocycles. The number of fused-ring (bicyclic) bond motifs is 3. The molecule has 0 saturated carbocycles. The Bertz CT molecular complexity index is 842. The third kappa shape index (κ3) is 4.29. The fourth-order valence-electron chi connectivity index (χ4n) is 3.36. The molecule has 2 aromatic rings. The van der Waals surface area contributed by atoms with Gasteiger partial charge in [0.1, 0.15) is 10.7 Å². The normalized spacial score (nSPS) is 14.7. The Morgan fingerprint density at radius 2 is 2.23 bits per heavy atom. The minimum Gasteiger partial charge on any atom is -0.389 e. The first-order valence-corrected chi connectivity index (χ1v) is 9.67. The van der Waals surface area contributed by atoms with E-state index in [1.165, 1.54) is 10.4 Å². The molecule has 2 aromatic heterocycles. The van der Waals surface area contributed by atoms with Gasteiger partial charge in [0.15, 0.2) is 0 Å². The Morgan fingerprint density at radius 3 is 3.00 bits per heavy atom. The second kappa shape index (κ2) is 8.73. The molecule has 0 unspecified atom stereocenters. The number of aryl methyl sites for hydroxylation is 2. The SMILES string of the molecule is C=CCOC[C@H](O)CN(CC=C)Cc1nc2sc3c(c2c(=O)[nH]1)CCC3. The Hall–Kier alpha value is -1.80. The Kier molecular flexibility index (Phi) is 6.37. The van der Waals surface area contributed by atoms with Crippen LogP contribution in [0.3, 0.4) is 0 Å². The van der Waals surface area contributed by atoms with Crippen molar-refractivity contribution in [3.8, 4) is 0 Å². The van der Waals surface area contributed by atoms with Crippen LogP contribution in [0, 0.1) is 0 Å². The quantitative estimate of drug-likeness (QED) is 0.491. The van der Waals surface area contributed by atoms with E-state index in [1.54, 1.807) is 23.5 Å². The molecule has 7 heteroatoms. The predicted octanol–water partition coefficient (Wildman–Crippen LogP) is 2.02. The zero-order valence-corrected chi connectivity index (χ0v) is 15.7. The molecule has 3 rings (SSSR count). The standard InChI is InChI=1S/C19H25N3O3S/c1-3-8-22(10-13(23)12-25-9-4-2)11-16-20-18(24)17-14-6-5-7-15(14)26-19(17)21-16/h3-4,13,23H,1-2,5-12H2,(H,20,21,24)/t13-/m1/s1. The van der Waals surface area contributed by atoms with E-state index >= 15 is 0 Å². The Balaban J connectivity index is 1.73. The number of H-pyrrole nitrogens is 1. The highest BCUT2D eigenvalue weighted by atomic mass is 32.1. The predicted molar refractivity (Wildman–Crippen MR) is 105 cm³/mol. The van der Waals surface area contributed by atoms with Gasteiger partial charge < -0.3 is 14.8 Å². The molecule has 0 fully saturated rings. The first kappa shape index (κ1) is 19.0. The first-order valence-electron chi connectivity index (χ1n) is 8.85. The van der Waals surface area contributed by atoms with E-state index in [4.69, 9.17) is 4.74 Å². The van der Waals surface area contributed by atoms with Crippen LogP contribution in [0.1, 0.15) is 22.7 Å². The van der Waals surface area contributed by atoms with Gasteiger partial charge in [0, 0.05) is 18.0 Å². The number of nitrogens with zero attached hydrogens (tertiary/aromatic N) is 2. The average molecular weight is 375 g/mol. The van der Waals surface area contributed by atoms with Crippen LogP contribution >= 0.6 is 11.3 Å². The molecule has 2 N–H and O–H groups in total. The molecule has 0 amide bonds. The van der Waals surface area contributed by atoms with Gasteiger partial charge in [0.2, 0.25) is 0 Å². The summed E-state index contributed by atoms with van der Waals surface area (Å²) in [7, 11) is 0. The van der Waals surface area contributed by atoms with Crippen LogP contribution in [0.5, 0.6) is 0 Å². The Labute approximate surface area is 156 Å². The highest BCUT2D eigenvalue weighted by molar-refractivity contribution is 7.18. The molecule has 26 heavy (non-hydrogen) atoms. The summed E-state index contributed by atoms with van der Waals surface area (Å²) < 4.78 is 5.29. The number of aliphatic hydroxyl groups excluding tert-OH is 1. The summed E-state index contributed by atoms with van der Waals surface area (Å²) in [6.45, 7) is 9.43. The third-order valence-corrected chi connectivity index (χ3v) is 5.59. The van der Waals surface area contributed by atoms with Gasteiger partial charge >= 0.3 is 0 Å². The third-order valence-electron chi connectivity index (χ3n) is 4.40. The van der Waals surface area contributed by atoms with Crippen molar-refractivity contribution < 1.29 is 9.84 Å². The fourth-order valence-corrected chi connectivity index (χ4v) is 4.64. The maximum Gasteiger partial charge on any atom is 0.259 e. The van der Waals surface area contributed by atoms with Gasteiger partial charge in [-0.15, -0.1) is 24.5 Å². The van der Waals surface area contributed by atoms with E-state index in [0.717, 1.165) is 29.5 Å². The number of aromatic nitrogens is 2. The number of ether oxygens (including phenoxy) is 1.